The number of nitrogens with two attached hydrogens (primary N) is 1. The van der Waals surface area contributed by atoms with E-state index in [2.05, 4.69) is 56.4 Å². The van der Waals surface area contributed by atoms with Crippen molar-refractivity contribution in [3.8, 4) is 11.5 Å². The molecule has 2 aromatic rings. The van der Waals surface area contributed by atoms with Gasteiger partial charge in [-0.05, 0) is 125 Å². The van der Waals surface area contributed by atoms with E-state index in [-0.39, 0.29) is 62.3 Å². The van der Waals surface area contributed by atoms with Crippen LogP contribution in [0.25, 0.3) is 0 Å². The molecule has 584 valence electrons. The molecule has 1 saturated heterocycles. The predicted molar refractivity (Wildman–Crippen MR) is 383 cm³/mol. The zero-order chi connectivity index (χ0) is 77.9. The first-order chi connectivity index (χ1) is 49.8. The number of ketones is 1. The molecule has 3 aliphatic heterocycles. The van der Waals surface area contributed by atoms with Gasteiger partial charge in [0.15, 0.2) is 5.78 Å². The average Bonchev–Trinajstić information content (AvgIpc) is 1.66. The number of Topliss-reactive ketones (excluding diaryl/α,β-unsaturated/α-hetero) is 1. The Kier molecular flexibility index (Phi) is 38.7. The summed E-state index contributed by atoms with van der Waals surface area (Å²) < 4.78 is 5.87. The monoisotopic (exact) mass is 1480 g/mol. The Bertz CT molecular complexity index is 3220. The lowest BCUT2D eigenvalue weighted by Gasteiger charge is -2.30. The van der Waals surface area contributed by atoms with Crippen LogP contribution in [-0.4, -0.2) is 198 Å². The molecule has 0 saturated carbocycles. The molecule has 0 radical (unpaired) electrons. The fourth-order valence-corrected chi connectivity index (χ4v) is 12.5. The number of benzene rings is 2. The number of unbranched alkanes of at least 4 members (excludes halogenated alkanes) is 8. The van der Waals surface area contributed by atoms with Gasteiger partial charge in [-0.25, -0.2) is 0 Å². The van der Waals surface area contributed by atoms with Crippen LogP contribution in [0.2, 0.25) is 0 Å². The number of fused-ring (bicyclic) bond motifs is 23. The Balaban J connectivity index is 1.74. The van der Waals surface area contributed by atoms with Crippen LogP contribution >= 0.6 is 0 Å². The number of esters is 1. The summed E-state index contributed by atoms with van der Waals surface area (Å²) in [6, 6.07) is -3.37. The van der Waals surface area contributed by atoms with Gasteiger partial charge in [0.05, 0.1) is 30.6 Å². The van der Waals surface area contributed by atoms with Crippen LogP contribution in [0.3, 0.4) is 0 Å². The summed E-state index contributed by atoms with van der Waals surface area (Å²) in [5.74, 6) is -16.0. The second-order valence-corrected chi connectivity index (χ2v) is 28.1. The number of hydrogen-bond acceptors (Lipinski definition) is 19. The second kappa shape index (κ2) is 46.0. The summed E-state index contributed by atoms with van der Waals surface area (Å²) in [5.41, 5.74) is 6.56. The van der Waals surface area contributed by atoms with Gasteiger partial charge in [-0.3, -0.25) is 67.1 Å². The lowest BCUT2D eigenvalue weighted by atomic mass is 9.85. The summed E-state index contributed by atoms with van der Waals surface area (Å²) in [7, 11) is 0. The predicted octanol–water partition coefficient (Wildman–Crippen LogP) is 3.02. The highest BCUT2D eigenvalue weighted by molar-refractivity contribution is 5.99. The van der Waals surface area contributed by atoms with Gasteiger partial charge in [0, 0.05) is 38.6 Å². The number of carbonyl (C=O) groups is 14. The maximum atomic E-state index is 14.8. The molecule has 0 aliphatic carbocycles. The van der Waals surface area contributed by atoms with Gasteiger partial charge >= 0.3 is 23.9 Å². The normalized spacial score (nSPS) is 22.0. The standard InChI is InChI=1S/C74H112N10O21/c1-7-44(4)52-42-60(88)57(39-47-23-27-49(86)28-24-47)81-69(99)56(33-36-64(94)95)79-71(101)59-22-18-38-84(59)73(103)45(5)76-66(96)55(32-35-63(92)93)80-72(102)65(46(6)85)83-70(100)58(40-48-25-29-51(30-26-48)105-74(52)104)82-67(97)53(21-17-37-75)78-68(98)54(31-34-62(90)91)77-61(89)41-50(87)20-16-14-12-10-8-9-11-13-15-19-43(2)3/h23-30,43-46,50,52-59,65,85-87H,7-22,31-42,75H2,1-6H3,(H,76,96)(H,77,89)(H,78,98)(H,79,101)(H,80,102)(H,81,99)(H,82,97)(H,83,100)(H,90,91)(H,92,93)(H,94,95)/t44?,45-,46?,50?,52+,53-,54+,55+,56+,57-,58+,59+,65+/m0/s1. The molecule has 1 fully saturated rings. The highest BCUT2D eigenvalue weighted by atomic mass is 16.5. The fourth-order valence-electron chi connectivity index (χ4n) is 12.5. The van der Waals surface area contributed by atoms with E-state index in [1.165, 1.54) is 81.1 Å². The summed E-state index contributed by atoms with van der Waals surface area (Å²) in [6.07, 6.45) is 3.31. The Labute approximate surface area is 613 Å². The number of carbonyl (C=O) groups excluding carboxylic acids is 11. The van der Waals surface area contributed by atoms with E-state index in [4.69, 9.17) is 10.5 Å². The molecule has 9 amide bonds. The van der Waals surface area contributed by atoms with Crippen molar-refractivity contribution in [1.82, 2.24) is 47.4 Å². The van der Waals surface area contributed by atoms with Crippen LogP contribution in [0, 0.1) is 17.8 Å². The van der Waals surface area contributed by atoms with Crippen molar-refractivity contribution in [2.75, 3.05) is 13.1 Å². The van der Waals surface area contributed by atoms with Gasteiger partial charge in [-0.15, -0.1) is 0 Å². The number of nitrogens with zero attached hydrogens (tertiary/aromatic N) is 1. The molecule has 3 heterocycles. The lowest BCUT2D eigenvalue weighted by Crippen LogP contribution is -2.62. The molecule has 3 unspecified atom stereocenters. The van der Waals surface area contributed by atoms with E-state index >= 15 is 0 Å². The number of ether oxygens (including phenoxy) is 1. The van der Waals surface area contributed by atoms with Crippen LogP contribution < -0.4 is 53.0 Å². The number of aliphatic carboxylic acids is 3. The van der Waals surface area contributed by atoms with Crippen molar-refractivity contribution in [2.24, 2.45) is 23.5 Å². The number of phenolic OH excluding ortho intramolecular Hbond substituents is 1. The van der Waals surface area contributed by atoms with Crippen LogP contribution in [0.15, 0.2) is 48.5 Å². The van der Waals surface area contributed by atoms with Gasteiger partial charge in [0.2, 0.25) is 53.2 Å². The highest BCUT2D eigenvalue weighted by Gasteiger charge is 2.41. The van der Waals surface area contributed by atoms with Crippen molar-refractivity contribution in [3.63, 3.8) is 0 Å². The van der Waals surface area contributed by atoms with Gasteiger partial charge < -0.3 is 88.5 Å². The molecule has 3 aliphatic rings. The average molecular weight is 1480 g/mol. The lowest BCUT2D eigenvalue weighted by molar-refractivity contribution is -0.144. The minimum absolute atomic E-state index is 0.0221. The molecule has 5 rings (SSSR count). The Hall–Kier alpha value is -9.10. The summed E-state index contributed by atoms with van der Waals surface area (Å²) in [5, 5.41) is 81.2. The number of aliphatic hydroxyl groups excluding tert-OH is 2. The molecule has 31 heteroatoms. The number of carboxylic acids is 3. The maximum Gasteiger partial charge on any atom is 0.315 e. The first-order valence-electron chi connectivity index (χ1n) is 36.9. The number of nitrogens with one attached hydrogen (secondary N) is 8. The van der Waals surface area contributed by atoms with E-state index in [0.717, 1.165) is 43.9 Å². The molecular weight excluding hydrogens is 1360 g/mol. The Morgan fingerprint density at radius 3 is 1.72 bits per heavy atom. The van der Waals surface area contributed by atoms with E-state index < -0.39 is 219 Å². The Morgan fingerprint density at radius 2 is 1.16 bits per heavy atom. The third-order valence-electron chi connectivity index (χ3n) is 18.9. The maximum absolute atomic E-state index is 14.8. The van der Waals surface area contributed by atoms with Crippen LogP contribution in [0.5, 0.6) is 11.5 Å². The molecule has 16 N–H and O–H groups in total. The quantitative estimate of drug-likeness (QED) is 0.0202. The van der Waals surface area contributed by atoms with Crippen molar-refractivity contribution < 1.29 is 102 Å². The number of rotatable bonds is 36. The highest BCUT2D eigenvalue weighted by Crippen LogP contribution is 2.27. The summed E-state index contributed by atoms with van der Waals surface area (Å²) in [4.78, 5) is 194. The van der Waals surface area contributed by atoms with Crippen molar-refractivity contribution >= 4 is 82.8 Å². The third kappa shape index (κ3) is 32.0. The van der Waals surface area contributed by atoms with E-state index in [0.29, 0.717) is 30.7 Å². The summed E-state index contributed by atoms with van der Waals surface area (Å²) >= 11 is 0. The van der Waals surface area contributed by atoms with Gasteiger partial charge in [0.25, 0.3) is 0 Å². The number of amides is 9. The van der Waals surface area contributed by atoms with Gasteiger partial charge in [0.1, 0.15) is 59.8 Å². The largest absolute Gasteiger partial charge is 0.508 e. The SMILES string of the molecule is CCC(C)[C@H]1CC(=O)[C@H](Cc2ccc(O)cc2)NC(=O)[C@@H](CCC(=O)O)NC(=O)[C@H]2CCCN2C(=O)[C@H](C)NC(=O)[C@@H](CCC(=O)O)NC(=O)[C@@H](C(C)O)NC(=O)[C@H](NC(=O)[C@H](CCCN)NC(=O)[C@@H](CCC(=O)O)NC(=O)CC(O)CCCCCCCCCCCC(C)C)Cc2ccc(cc2)OC1=O. The molecule has 0 spiro atoms. The molecule has 31 nitrogen and oxygen atoms in total. The molecule has 2 aromatic carbocycles. The molecule has 13 atom stereocenters. The smallest absolute Gasteiger partial charge is 0.315 e. The molecule has 0 aromatic heterocycles. The molecule has 2 bridgehead atoms. The third-order valence-corrected chi connectivity index (χ3v) is 18.9. The molecule has 105 heavy (non-hydrogen) atoms. The zero-order valence-electron chi connectivity index (χ0n) is 61.3. The summed E-state index contributed by atoms with van der Waals surface area (Å²) in [6.45, 7) is 10.1. The van der Waals surface area contributed by atoms with Gasteiger partial charge in [-0.2, -0.15) is 0 Å². The Morgan fingerprint density at radius 1 is 0.610 bits per heavy atom. The van der Waals surface area contributed by atoms with Crippen molar-refractivity contribution in [3.05, 3.63) is 59.7 Å². The number of hydrogen-bond donors (Lipinski definition) is 15. The van der Waals surface area contributed by atoms with Crippen molar-refractivity contribution in [1.29, 1.82) is 0 Å². The van der Waals surface area contributed by atoms with Crippen molar-refractivity contribution in [2.45, 2.75) is 275 Å². The van der Waals surface area contributed by atoms with E-state index in [9.17, 15) is 97.8 Å². The van der Waals surface area contributed by atoms with E-state index in [1.54, 1.807) is 13.8 Å². The minimum atomic E-state index is -1.98. The number of carboxylic acid groups (broad SMARTS) is 3. The zero-order valence-corrected chi connectivity index (χ0v) is 61.3. The van der Waals surface area contributed by atoms with Crippen LogP contribution in [-0.2, 0) is 80.0 Å². The minimum Gasteiger partial charge on any atom is -0.508 e. The first kappa shape index (κ1) is 88.3. The van der Waals surface area contributed by atoms with E-state index in [1.807, 2.05) is 0 Å². The molecular formula is C74H112N10O21. The number of phenols is 1. The fraction of sp³-hybridized carbons (Fsp3) is 0.649. The number of aliphatic hydroxyl groups is 2. The topological polar surface area (TPSA) is 495 Å². The van der Waals surface area contributed by atoms with Crippen LogP contribution in [0.1, 0.15) is 207 Å². The number of aromatic hydroxyl groups is 1. The van der Waals surface area contributed by atoms with Gasteiger partial charge in [-0.1, -0.05) is 123 Å². The van der Waals surface area contributed by atoms with Crippen LogP contribution in [0.4, 0.5) is 0 Å². The first-order valence-corrected chi connectivity index (χ1v) is 36.9. The second-order valence-electron chi connectivity index (χ2n) is 28.1.